The Morgan fingerprint density at radius 1 is 1.38 bits per heavy atom. The van der Waals surface area contributed by atoms with Gasteiger partial charge in [0.15, 0.2) is 0 Å². The highest BCUT2D eigenvalue weighted by atomic mass is 35.5. The Labute approximate surface area is 144 Å². The van der Waals surface area contributed by atoms with Gasteiger partial charge in [-0.2, -0.15) is 13.2 Å². The van der Waals surface area contributed by atoms with Gasteiger partial charge in [0, 0.05) is 12.6 Å². The van der Waals surface area contributed by atoms with E-state index in [-0.39, 0.29) is 30.4 Å². The largest absolute Gasteiger partial charge is 0.416 e. The van der Waals surface area contributed by atoms with Gasteiger partial charge < -0.3 is 10.6 Å². The molecule has 1 aliphatic rings. The summed E-state index contributed by atoms with van der Waals surface area (Å²) in [5.74, 6) is -1.80. The third kappa shape index (κ3) is 4.83. The molecule has 1 fully saturated rings. The standard InChI is InChI=1S/C16H20F4N2O.ClH/c1-15(2)6-3-7-21-13(15)9-22-14(23)11-8-10(16(18,19)20)4-5-12(11)17;/h4-5,8,13,21H,3,6-7,9H2,1-2H3,(H,22,23);1H. The molecule has 3 nitrogen and oxygen atoms in total. The molecular weight excluding hydrogens is 348 g/mol. The van der Waals surface area contributed by atoms with Crippen molar-refractivity contribution in [3.63, 3.8) is 0 Å². The Balaban J connectivity index is 0.00000288. The normalized spacial score (nSPS) is 20.2. The second kappa shape index (κ2) is 7.70. The van der Waals surface area contributed by atoms with Crippen LogP contribution in [0, 0.1) is 11.2 Å². The van der Waals surface area contributed by atoms with E-state index >= 15 is 0 Å². The Kier molecular flexibility index (Phi) is 6.64. The summed E-state index contributed by atoms with van der Waals surface area (Å²) >= 11 is 0. The highest BCUT2D eigenvalue weighted by molar-refractivity contribution is 5.94. The van der Waals surface area contributed by atoms with Gasteiger partial charge in [-0.05, 0) is 43.0 Å². The molecule has 1 unspecified atom stereocenters. The predicted octanol–water partition coefficient (Wildman–Crippen LogP) is 3.77. The molecular formula is C16H21ClF4N2O. The summed E-state index contributed by atoms with van der Waals surface area (Å²) in [5.41, 5.74) is -1.67. The van der Waals surface area contributed by atoms with Crippen LogP contribution >= 0.6 is 12.4 Å². The molecule has 1 amide bonds. The van der Waals surface area contributed by atoms with E-state index in [4.69, 9.17) is 0 Å². The first-order valence-electron chi connectivity index (χ1n) is 7.49. The zero-order valence-electron chi connectivity index (χ0n) is 13.5. The van der Waals surface area contributed by atoms with Crippen molar-refractivity contribution < 1.29 is 22.4 Å². The molecule has 1 aromatic carbocycles. The number of piperidine rings is 1. The summed E-state index contributed by atoms with van der Waals surface area (Å²) in [6.45, 7) is 5.17. The van der Waals surface area contributed by atoms with E-state index in [0.29, 0.717) is 18.2 Å². The molecule has 2 rings (SSSR count). The molecule has 24 heavy (non-hydrogen) atoms. The van der Waals surface area contributed by atoms with Crippen molar-refractivity contribution in [3.05, 3.63) is 35.1 Å². The lowest BCUT2D eigenvalue weighted by Crippen LogP contribution is -2.52. The van der Waals surface area contributed by atoms with Gasteiger partial charge in [0.2, 0.25) is 0 Å². The van der Waals surface area contributed by atoms with Crippen LogP contribution in [0.3, 0.4) is 0 Å². The summed E-state index contributed by atoms with van der Waals surface area (Å²) in [5, 5.41) is 5.81. The number of hydrogen-bond acceptors (Lipinski definition) is 2. The Bertz CT molecular complexity index is 590. The minimum atomic E-state index is -4.62. The first-order valence-corrected chi connectivity index (χ1v) is 7.49. The van der Waals surface area contributed by atoms with E-state index in [1.165, 1.54) is 0 Å². The topological polar surface area (TPSA) is 41.1 Å². The second-order valence-electron chi connectivity index (χ2n) is 6.50. The number of amides is 1. The number of halogens is 5. The first kappa shape index (κ1) is 20.7. The highest BCUT2D eigenvalue weighted by Gasteiger charge is 2.33. The van der Waals surface area contributed by atoms with Crippen molar-refractivity contribution in [2.45, 2.75) is 38.9 Å². The molecule has 1 aromatic rings. The van der Waals surface area contributed by atoms with Crippen LogP contribution in [-0.2, 0) is 6.18 Å². The fourth-order valence-corrected chi connectivity index (χ4v) is 2.78. The lowest BCUT2D eigenvalue weighted by molar-refractivity contribution is -0.137. The Hall–Kier alpha value is -1.34. The van der Waals surface area contributed by atoms with Crippen LogP contribution in [0.15, 0.2) is 18.2 Å². The molecule has 136 valence electrons. The van der Waals surface area contributed by atoms with Crippen molar-refractivity contribution in [1.82, 2.24) is 10.6 Å². The van der Waals surface area contributed by atoms with E-state index in [2.05, 4.69) is 24.5 Å². The Morgan fingerprint density at radius 2 is 2.04 bits per heavy atom. The second-order valence-corrected chi connectivity index (χ2v) is 6.50. The van der Waals surface area contributed by atoms with Gasteiger partial charge in [-0.3, -0.25) is 4.79 Å². The van der Waals surface area contributed by atoms with Crippen LogP contribution in [0.2, 0.25) is 0 Å². The summed E-state index contributed by atoms with van der Waals surface area (Å²) in [7, 11) is 0. The molecule has 0 saturated carbocycles. The van der Waals surface area contributed by atoms with E-state index in [0.717, 1.165) is 19.4 Å². The SMILES string of the molecule is CC1(C)CCCNC1CNC(=O)c1cc(C(F)(F)F)ccc1F.Cl. The van der Waals surface area contributed by atoms with Gasteiger partial charge in [-0.15, -0.1) is 12.4 Å². The summed E-state index contributed by atoms with van der Waals surface area (Å²) in [4.78, 5) is 12.1. The number of alkyl halides is 3. The first-order chi connectivity index (χ1) is 10.6. The number of nitrogens with one attached hydrogen (secondary N) is 2. The predicted molar refractivity (Wildman–Crippen MR) is 85.8 cm³/mol. The average molecular weight is 369 g/mol. The number of carbonyl (C=O) groups excluding carboxylic acids is 1. The molecule has 1 atom stereocenters. The lowest BCUT2D eigenvalue weighted by Gasteiger charge is -2.39. The summed E-state index contributed by atoms with van der Waals surface area (Å²) in [6.07, 6.45) is -2.60. The highest BCUT2D eigenvalue weighted by Crippen LogP contribution is 2.31. The number of benzene rings is 1. The molecule has 0 radical (unpaired) electrons. The third-order valence-corrected chi connectivity index (χ3v) is 4.34. The van der Waals surface area contributed by atoms with E-state index < -0.39 is 29.0 Å². The van der Waals surface area contributed by atoms with Gasteiger partial charge in [0.25, 0.3) is 5.91 Å². The van der Waals surface area contributed by atoms with Gasteiger partial charge in [0.1, 0.15) is 5.82 Å². The molecule has 0 aliphatic carbocycles. The van der Waals surface area contributed by atoms with Crippen LogP contribution in [0.4, 0.5) is 17.6 Å². The molecule has 8 heteroatoms. The zero-order chi connectivity index (χ0) is 17.3. The van der Waals surface area contributed by atoms with Crippen molar-refractivity contribution >= 4 is 18.3 Å². The minimum Gasteiger partial charge on any atom is -0.350 e. The third-order valence-electron chi connectivity index (χ3n) is 4.34. The van der Waals surface area contributed by atoms with E-state index in [9.17, 15) is 22.4 Å². The van der Waals surface area contributed by atoms with Gasteiger partial charge in [-0.25, -0.2) is 4.39 Å². The van der Waals surface area contributed by atoms with Crippen LogP contribution in [0.25, 0.3) is 0 Å². The van der Waals surface area contributed by atoms with Crippen LogP contribution in [-0.4, -0.2) is 25.0 Å². The number of hydrogen-bond donors (Lipinski definition) is 2. The maximum atomic E-state index is 13.7. The van der Waals surface area contributed by atoms with E-state index in [1.54, 1.807) is 0 Å². The molecule has 0 spiro atoms. The van der Waals surface area contributed by atoms with Gasteiger partial charge in [-0.1, -0.05) is 13.8 Å². The van der Waals surface area contributed by atoms with Crippen molar-refractivity contribution in [2.24, 2.45) is 5.41 Å². The average Bonchev–Trinajstić information content (AvgIpc) is 2.44. The van der Waals surface area contributed by atoms with Crippen LogP contribution in [0.1, 0.15) is 42.6 Å². The number of carbonyl (C=O) groups is 1. The summed E-state index contributed by atoms with van der Waals surface area (Å²) in [6, 6.07) is 1.83. The van der Waals surface area contributed by atoms with Crippen molar-refractivity contribution in [1.29, 1.82) is 0 Å². The Morgan fingerprint density at radius 3 is 2.62 bits per heavy atom. The monoisotopic (exact) mass is 368 g/mol. The molecule has 2 N–H and O–H groups in total. The molecule has 0 bridgehead atoms. The maximum Gasteiger partial charge on any atom is 0.416 e. The van der Waals surface area contributed by atoms with Crippen molar-refractivity contribution in [2.75, 3.05) is 13.1 Å². The van der Waals surface area contributed by atoms with Gasteiger partial charge >= 0.3 is 6.18 Å². The lowest BCUT2D eigenvalue weighted by atomic mass is 9.77. The minimum absolute atomic E-state index is 0. The maximum absolute atomic E-state index is 13.7. The van der Waals surface area contributed by atoms with Crippen LogP contribution < -0.4 is 10.6 Å². The van der Waals surface area contributed by atoms with Gasteiger partial charge in [0.05, 0.1) is 11.1 Å². The quantitative estimate of drug-likeness (QED) is 0.797. The molecule has 1 saturated heterocycles. The number of rotatable bonds is 3. The van der Waals surface area contributed by atoms with E-state index in [1.807, 2.05) is 0 Å². The fourth-order valence-electron chi connectivity index (χ4n) is 2.78. The molecule has 1 aliphatic heterocycles. The smallest absolute Gasteiger partial charge is 0.350 e. The fraction of sp³-hybridized carbons (Fsp3) is 0.562. The summed E-state index contributed by atoms with van der Waals surface area (Å²) < 4.78 is 51.7. The zero-order valence-corrected chi connectivity index (χ0v) is 14.3. The molecule has 0 aromatic heterocycles. The van der Waals surface area contributed by atoms with Crippen molar-refractivity contribution in [3.8, 4) is 0 Å². The van der Waals surface area contributed by atoms with Crippen LogP contribution in [0.5, 0.6) is 0 Å². The molecule has 1 heterocycles.